The number of halogens is 1. The van der Waals surface area contributed by atoms with Crippen LogP contribution in [0.25, 0.3) is 10.2 Å². The van der Waals surface area contributed by atoms with Gasteiger partial charge in [-0.2, -0.15) is 0 Å². The summed E-state index contributed by atoms with van der Waals surface area (Å²) in [5, 5.41) is 0.584. The van der Waals surface area contributed by atoms with Gasteiger partial charge in [-0.1, -0.05) is 37.3 Å². The number of fused-ring (bicyclic) bond motifs is 1. The van der Waals surface area contributed by atoms with Gasteiger partial charge in [-0.15, -0.1) is 0 Å². The monoisotopic (exact) mass is 401 g/mol. The number of hydrogen-bond donors (Lipinski definition) is 0. The second-order valence-electron chi connectivity index (χ2n) is 6.30. The summed E-state index contributed by atoms with van der Waals surface area (Å²) in [5.41, 5.74) is 1.04. The van der Waals surface area contributed by atoms with Crippen molar-refractivity contribution in [1.29, 1.82) is 0 Å². The van der Waals surface area contributed by atoms with E-state index in [2.05, 4.69) is 23.7 Å². The number of carbonyl (C=O) groups is 1. The Morgan fingerprint density at radius 2 is 1.89 bits per heavy atom. The molecule has 0 radical (unpaired) electrons. The molecule has 7 heteroatoms. The first-order chi connectivity index (χ1) is 13.6. The number of nitrogens with zero attached hydrogens (tertiary/aromatic N) is 3. The Hall–Kier alpha value is -2.51. The highest BCUT2D eigenvalue weighted by Crippen LogP contribution is 2.34. The van der Waals surface area contributed by atoms with Crippen molar-refractivity contribution in [3.63, 3.8) is 0 Å². The Labute approximate surface area is 168 Å². The molecule has 28 heavy (non-hydrogen) atoms. The van der Waals surface area contributed by atoms with Crippen LogP contribution in [0.2, 0.25) is 0 Å². The molecule has 0 spiro atoms. The number of ether oxygens (including phenoxy) is 1. The van der Waals surface area contributed by atoms with E-state index in [9.17, 15) is 9.18 Å². The number of amides is 1. The first-order valence-electron chi connectivity index (χ1n) is 9.30. The standard InChI is InChI=1S/C21H24FN3O2S/c1-4-24(5-2)12-13-25(20(26)15-8-6-9-16(22)14-15)21-23-19-17(27-3)10-7-11-18(19)28-21/h6-11,14H,4-5,12-13H2,1-3H3. The molecule has 0 aliphatic heterocycles. The van der Waals surface area contributed by atoms with E-state index >= 15 is 0 Å². The predicted molar refractivity (Wildman–Crippen MR) is 112 cm³/mol. The van der Waals surface area contributed by atoms with Crippen LogP contribution in [-0.4, -0.2) is 49.1 Å². The van der Waals surface area contributed by atoms with Gasteiger partial charge >= 0.3 is 0 Å². The molecule has 0 saturated carbocycles. The van der Waals surface area contributed by atoms with Crippen molar-refractivity contribution in [2.75, 3.05) is 38.2 Å². The molecule has 1 amide bonds. The molecular formula is C21H24FN3O2S. The zero-order chi connectivity index (χ0) is 20.1. The van der Waals surface area contributed by atoms with Gasteiger partial charge in [-0.25, -0.2) is 9.37 Å². The third-order valence-electron chi connectivity index (χ3n) is 4.67. The maximum absolute atomic E-state index is 13.7. The molecule has 2 aromatic carbocycles. The summed E-state index contributed by atoms with van der Waals surface area (Å²) < 4.78 is 20.0. The first kappa shape index (κ1) is 20.2. The van der Waals surface area contributed by atoms with E-state index < -0.39 is 5.82 Å². The minimum atomic E-state index is -0.430. The van der Waals surface area contributed by atoms with Crippen LogP contribution in [0.15, 0.2) is 42.5 Å². The molecule has 0 bridgehead atoms. The van der Waals surface area contributed by atoms with Crippen molar-refractivity contribution < 1.29 is 13.9 Å². The number of hydrogen-bond acceptors (Lipinski definition) is 5. The molecule has 3 rings (SSSR count). The summed E-state index contributed by atoms with van der Waals surface area (Å²) in [6.45, 7) is 7.15. The second-order valence-corrected chi connectivity index (χ2v) is 7.31. The molecule has 0 N–H and O–H groups in total. The Kier molecular flexibility index (Phi) is 6.59. The van der Waals surface area contributed by atoms with Crippen LogP contribution in [0.4, 0.5) is 9.52 Å². The number of para-hydroxylation sites is 1. The Balaban J connectivity index is 1.99. The topological polar surface area (TPSA) is 45.7 Å². The minimum Gasteiger partial charge on any atom is -0.494 e. The molecule has 0 aliphatic rings. The highest BCUT2D eigenvalue weighted by molar-refractivity contribution is 7.22. The van der Waals surface area contributed by atoms with Crippen LogP contribution >= 0.6 is 11.3 Å². The normalized spacial score (nSPS) is 11.2. The molecule has 3 aromatic rings. The van der Waals surface area contributed by atoms with Gasteiger partial charge in [0.2, 0.25) is 0 Å². The van der Waals surface area contributed by atoms with Gasteiger partial charge in [0, 0.05) is 18.7 Å². The first-order valence-corrected chi connectivity index (χ1v) is 10.1. The van der Waals surface area contributed by atoms with E-state index in [-0.39, 0.29) is 5.91 Å². The fraction of sp³-hybridized carbons (Fsp3) is 0.333. The van der Waals surface area contributed by atoms with Crippen LogP contribution in [-0.2, 0) is 0 Å². The molecule has 0 saturated heterocycles. The van der Waals surface area contributed by atoms with E-state index in [1.165, 1.54) is 23.5 Å². The van der Waals surface area contributed by atoms with Crippen molar-refractivity contribution in [1.82, 2.24) is 9.88 Å². The Morgan fingerprint density at radius 1 is 1.14 bits per heavy atom. The number of rotatable bonds is 8. The maximum atomic E-state index is 13.7. The van der Waals surface area contributed by atoms with Gasteiger partial charge in [0.25, 0.3) is 5.91 Å². The quantitative estimate of drug-likeness (QED) is 0.560. The zero-order valence-electron chi connectivity index (χ0n) is 16.3. The molecule has 5 nitrogen and oxygen atoms in total. The lowest BCUT2D eigenvalue weighted by molar-refractivity contribution is 0.0983. The van der Waals surface area contributed by atoms with E-state index in [1.54, 1.807) is 24.1 Å². The number of aromatic nitrogens is 1. The average molecular weight is 402 g/mol. The largest absolute Gasteiger partial charge is 0.494 e. The summed E-state index contributed by atoms with van der Waals surface area (Å²) in [6, 6.07) is 11.5. The van der Waals surface area contributed by atoms with Gasteiger partial charge in [-0.3, -0.25) is 9.69 Å². The number of anilines is 1. The van der Waals surface area contributed by atoms with E-state index in [4.69, 9.17) is 4.74 Å². The number of benzene rings is 2. The lowest BCUT2D eigenvalue weighted by Crippen LogP contribution is -2.38. The average Bonchev–Trinajstić information content (AvgIpc) is 3.14. The molecule has 1 aromatic heterocycles. The van der Waals surface area contributed by atoms with Gasteiger partial charge in [-0.05, 0) is 43.4 Å². The SMILES string of the molecule is CCN(CC)CCN(C(=O)c1cccc(F)c1)c1nc2c(OC)cccc2s1. The third-order valence-corrected chi connectivity index (χ3v) is 5.72. The van der Waals surface area contributed by atoms with Gasteiger partial charge < -0.3 is 9.64 Å². The van der Waals surface area contributed by atoms with Crippen LogP contribution in [0.3, 0.4) is 0 Å². The number of likely N-dealkylation sites (N-methyl/N-ethyl adjacent to an activating group) is 1. The smallest absolute Gasteiger partial charge is 0.260 e. The Bertz CT molecular complexity index is 956. The van der Waals surface area contributed by atoms with E-state index in [0.29, 0.717) is 29.5 Å². The Morgan fingerprint density at radius 3 is 2.57 bits per heavy atom. The molecular weight excluding hydrogens is 377 g/mol. The predicted octanol–water partition coefficient (Wildman–Crippen LogP) is 4.43. The number of thiazole rings is 1. The van der Waals surface area contributed by atoms with Crippen LogP contribution in [0.5, 0.6) is 5.75 Å². The molecule has 0 fully saturated rings. The summed E-state index contributed by atoms with van der Waals surface area (Å²) in [7, 11) is 1.60. The lowest BCUT2D eigenvalue weighted by Gasteiger charge is -2.24. The molecule has 0 unspecified atom stereocenters. The van der Waals surface area contributed by atoms with Crippen molar-refractivity contribution in [2.24, 2.45) is 0 Å². The van der Waals surface area contributed by atoms with Crippen molar-refractivity contribution in [2.45, 2.75) is 13.8 Å². The molecule has 148 valence electrons. The number of carbonyl (C=O) groups excluding carboxylic acids is 1. The summed E-state index contributed by atoms with van der Waals surface area (Å²) in [5.74, 6) is -0.0212. The summed E-state index contributed by atoms with van der Waals surface area (Å²) in [6.07, 6.45) is 0. The van der Waals surface area contributed by atoms with E-state index in [0.717, 1.165) is 23.3 Å². The van der Waals surface area contributed by atoms with Crippen molar-refractivity contribution in [3.8, 4) is 5.75 Å². The fourth-order valence-electron chi connectivity index (χ4n) is 3.03. The molecule has 0 aliphatic carbocycles. The fourth-order valence-corrected chi connectivity index (χ4v) is 4.04. The summed E-state index contributed by atoms with van der Waals surface area (Å²) in [4.78, 5) is 21.7. The van der Waals surface area contributed by atoms with Gasteiger partial charge in [0.1, 0.15) is 17.1 Å². The van der Waals surface area contributed by atoms with Gasteiger partial charge in [0.05, 0.1) is 11.8 Å². The lowest BCUT2D eigenvalue weighted by atomic mass is 10.2. The van der Waals surface area contributed by atoms with Gasteiger partial charge in [0.15, 0.2) is 5.13 Å². The van der Waals surface area contributed by atoms with Crippen molar-refractivity contribution >= 4 is 32.6 Å². The van der Waals surface area contributed by atoms with Crippen molar-refractivity contribution in [3.05, 3.63) is 53.8 Å². The summed E-state index contributed by atoms with van der Waals surface area (Å²) >= 11 is 1.43. The second kappa shape index (κ2) is 9.12. The number of methoxy groups -OCH3 is 1. The molecule has 1 heterocycles. The van der Waals surface area contributed by atoms with E-state index in [1.807, 2.05) is 18.2 Å². The highest BCUT2D eigenvalue weighted by Gasteiger charge is 2.23. The maximum Gasteiger partial charge on any atom is 0.260 e. The van der Waals surface area contributed by atoms with Crippen LogP contribution < -0.4 is 9.64 Å². The third kappa shape index (κ3) is 4.31. The zero-order valence-corrected chi connectivity index (χ0v) is 17.1. The minimum absolute atomic E-state index is 0.260. The van der Waals surface area contributed by atoms with Crippen LogP contribution in [0, 0.1) is 5.82 Å². The highest BCUT2D eigenvalue weighted by atomic mass is 32.1. The van der Waals surface area contributed by atoms with Crippen LogP contribution in [0.1, 0.15) is 24.2 Å². The molecule has 0 atom stereocenters.